The summed E-state index contributed by atoms with van der Waals surface area (Å²) in [6.07, 6.45) is 3.62. The maximum Gasteiger partial charge on any atom is 0.254 e. The summed E-state index contributed by atoms with van der Waals surface area (Å²) in [6.45, 7) is 0.334. The van der Waals surface area contributed by atoms with Gasteiger partial charge in [0, 0.05) is 17.8 Å². The molecule has 0 bridgehead atoms. The summed E-state index contributed by atoms with van der Waals surface area (Å²) < 4.78 is 5.44. The minimum absolute atomic E-state index is 0.00954. The molecule has 2 heterocycles. The molecular weight excluding hydrogens is 402 g/mol. The Morgan fingerprint density at radius 2 is 1.91 bits per heavy atom. The van der Waals surface area contributed by atoms with Gasteiger partial charge in [0.05, 0.1) is 31.3 Å². The maximum absolute atomic E-state index is 13.7. The predicted molar refractivity (Wildman–Crippen MR) is 120 cm³/mol. The molecule has 5 rings (SSSR count). The molecule has 162 valence electrons. The number of benzene rings is 2. The number of nitrogens with one attached hydrogen (secondary N) is 1. The first-order valence-corrected chi connectivity index (χ1v) is 10.9. The highest BCUT2D eigenvalue weighted by Crippen LogP contribution is 2.48. The molecule has 3 aromatic rings. The van der Waals surface area contributed by atoms with Crippen LogP contribution in [0.25, 0.3) is 0 Å². The largest absolute Gasteiger partial charge is 0.497 e. The Labute approximate surface area is 187 Å². The Hall–Kier alpha value is -3.67. The molecule has 0 spiro atoms. The van der Waals surface area contributed by atoms with E-state index >= 15 is 0 Å². The van der Waals surface area contributed by atoms with Crippen LogP contribution >= 0.6 is 0 Å². The van der Waals surface area contributed by atoms with Gasteiger partial charge in [0.1, 0.15) is 5.75 Å². The van der Waals surface area contributed by atoms with E-state index in [1.165, 1.54) is 0 Å². The van der Waals surface area contributed by atoms with Crippen molar-refractivity contribution >= 4 is 11.8 Å². The second kappa shape index (κ2) is 8.46. The van der Waals surface area contributed by atoms with Crippen LogP contribution in [0.2, 0.25) is 0 Å². The van der Waals surface area contributed by atoms with Crippen molar-refractivity contribution in [3.8, 4) is 5.75 Å². The van der Waals surface area contributed by atoms with Crippen LogP contribution in [0.1, 0.15) is 52.0 Å². The van der Waals surface area contributed by atoms with Gasteiger partial charge in [0.15, 0.2) is 0 Å². The predicted octanol–water partition coefficient (Wildman–Crippen LogP) is 3.85. The number of pyridine rings is 1. The van der Waals surface area contributed by atoms with Gasteiger partial charge >= 0.3 is 0 Å². The lowest BCUT2D eigenvalue weighted by Crippen LogP contribution is -2.48. The van der Waals surface area contributed by atoms with Gasteiger partial charge in [-0.2, -0.15) is 0 Å². The molecule has 1 aromatic heterocycles. The zero-order valence-corrected chi connectivity index (χ0v) is 17.9. The van der Waals surface area contributed by atoms with Crippen molar-refractivity contribution in [3.63, 3.8) is 0 Å². The summed E-state index contributed by atoms with van der Waals surface area (Å²) in [4.78, 5) is 33.4. The Balaban J connectivity index is 1.58. The number of methoxy groups -OCH3 is 1. The molecule has 6 nitrogen and oxygen atoms in total. The Bertz CT molecular complexity index is 1140. The van der Waals surface area contributed by atoms with Crippen molar-refractivity contribution in [3.05, 3.63) is 95.3 Å². The number of amides is 2. The summed E-state index contributed by atoms with van der Waals surface area (Å²) in [5.41, 5.74) is 3.06. The van der Waals surface area contributed by atoms with E-state index in [2.05, 4.69) is 10.3 Å². The number of rotatable bonds is 6. The normalized spacial score (nSPS) is 19.9. The van der Waals surface area contributed by atoms with Gasteiger partial charge in [0.25, 0.3) is 5.91 Å². The summed E-state index contributed by atoms with van der Waals surface area (Å²) >= 11 is 0. The lowest BCUT2D eigenvalue weighted by Gasteiger charge is -2.42. The molecule has 2 aliphatic rings. The molecular formula is C26H25N3O3. The minimum atomic E-state index is -0.527. The Morgan fingerprint density at radius 1 is 1.09 bits per heavy atom. The monoisotopic (exact) mass is 427 g/mol. The van der Waals surface area contributed by atoms with Crippen molar-refractivity contribution in [2.75, 3.05) is 7.11 Å². The van der Waals surface area contributed by atoms with Crippen molar-refractivity contribution < 1.29 is 14.3 Å². The van der Waals surface area contributed by atoms with E-state index < -0.39 is 12.0 Å². The van der Waals surface area contributed by atoms with Crippen molar-refractivity contribution in [1.29, 1.82) is 0 Å². The first-order valence-electron chi connectivity index (χ1n) is 10.9. The first-order chi connectivity index (χ1) is 15.7. The fourth-order valence-corrected chi connectivity index (χ4v) is 4.56. The van der Waals surface area contributed by atoms with Crippen LogP contribution in [0.15, 0.2) is 72.9 Å². The summed E-state index contributed by atoms with van der Waals surface area (Å²) in [5, 5.41) is 3.06. The van der Waals surface area contributed by atoms with E-state index in [1.807, 2.05) is 71.6 Å². The van der Waals surface area contributed by atoms with Crippen LogP contribution in [-0.2, 0) is 11.3 Å². The zero-order valence-electron chi connectivity index (χ0n) is 17.9. The number of carbonyl (C=O) groups is 2. The molecule has 1 aliphatic carbocycles. The second-order valence-electron chi connectivity index (χ2n) is 8.27. The number of ether oxygens (including phenoxy) is 1. The minimum Gasteiger partial charge on any atom is -0.497 e. The molecule has 2 amide bonds. The summed E-state index contributed by atoms with van der Waals surface area (Å²) in [7, 11) is 1.62. The molecule has 1 N–H and O–H groups in total. The quantitative estimate of drug-likeness (QED) is 0.649. The fourth-order valence-electron chi connectivity index (χ4n) is 4.56. The lowest BCUT2D eigenvalue weighted by molar-refractivity contribution is -0.124. The number of aromatic nitrogens is 1. The first kappa shape index (κ1) is 20.2. The smallest absolute Gasteiger partial charge is 0.254 e. The SMILES string of the molecule is COc1cccc(C2C(C(=O)NCc3ccccn3)c3ccccc3C(=O)N2C2CC2)c1. The summed E-state index contributed by atoms with van der Waals surface area (Å²) in [5.74, 6) is 0.0521. The molecule has 2 unspecified atom stereocenters. The second-order valence-corrected chi connectivity index (χ2v) is 8.27. The number of fused-ring (bicyclic) bond motifs is 1. The van der Waals surface area contributed by atoms with E-state index in [-0.39, 0.29) is 17.9 Å². The van der Waals surface area contributed by atoms with Crippen LogP contribution in [0.4, 0.5) is 0 Å². The van der Waals surface area contributed by atoms with E-state index in [4.69, 9.17) is 4.74 Å². The zero-order chi connectivity index (χ0) is 22.1. The van der Waals surface area contributed by atoms with E-state index in [9.17, 15) is 9.59 Å². The standard InChI is InChI=1S/C26H25N3O3/c1-32-20-9-6-7-17(15-20)24-23(25(30)28-16-18-8-4-5-14-27-18)21-10-2-3-11-22(21)26(31)29(24)19-12-13-19/h2-11,14-15,19,23-24H,12-13,16H2,1H3,(H,28,30). The van der Waals surface area contributed by atoms with Gasteiger partial charge in [0.2, 0.25) is 5.91 Å². The lowest BCUT2D eigenvalue weighted by atomic mass is 9.79. The number of nitrogens with zero attached hydrogens (tertiary/aromatic N) is 2. The van der Waals surface area contributed by atoms with E-state index in [1.54, 1.807) is 13.3 Å². The van der Waals surface area contributed by atoms with Crippen LogP contribution < -0.4 is 10.1 Å². The molecule has 2 atom stereocenters. The van der Waals surface area contributed by atoms with Crippen molar-refractivity contribution in [2.45, 2.75) is 37.4 Å². The average Bonchev–Trinajstić information content (AvgIpc) is 3.68. The highest BCUT2D eigenvalue weighted by molar-refractivity contribution is 6.01. The highest BCUT2D eigenvalue weighted by Gasteiger charge is 2.49. The number of hydrogen-bond acceptors (Lipinski definition) is 4. The van der Waals surface area contributed by atoms with Crippen LogP contribution in [0.5, 0.6) is 5.75 Å². The molecule has 1 fully saturated rings. The topological polar surface area (TPSA) is 71.5 Å². The van der Waals surface area contributed by atoms with Gasteiger partial charge in [-0.1, -0.05) is 36.4 Å². The van der Waals surface area contributed by atoms with E-state index in [0.29, 0.717) is 17.9 Å². The van der Waals surface area contributed by atoms with Crippen LogP contribution in [0, 0.1) is 0 Å². The van der Waals surface area contributed by atoms with Gasteiger partial charge in [-0.15, -0.1) is 0 Å². The van der Waals surface area contributed by atoms with Gasteiger partial charge in [-0.05, 0) is 54.3 Å². The molecule has 0 radical (unpaired) electrons. The van der Waals surface area contributed by atoms with Crippen molar-refractivity contribution in [2.24, 2.45) is 0 Å². The number of carbonyl (C=O) groups excluding carboxylic acids is 2. The van der Waals surface area contributed by atoms with Gasteiger partial charge < -0.3 is 15.0 Å². The van der Waals surface area contributed by atoms with E-state index in [0.717, 1.165) is 29.7 Å². The third kappa shape index (κ3) is 3.73. The van der Waals surface area contributed by atoms with Crippen LogP contribution in [0.3, 0.4) is 0 Å². The maximum atomic E-state index is 13.7. The summed E-state index contributed by atoms with van der Waals surface area (Å²) in [6, 6.07) is 20.5. The Morgan fingerprint density at radius 3 is 2.66 bits per heavy atom. The Kier molecular flexibility index (Phi) is 5.35. The van der Waals surface area contributed by atoms with Gasteiger partial charge in [-0.25, -0.2) is 0 Å². The average molecular weight is 428 g/mol. The molecule has 2 aromatic carbocycles. The molecule has 0 saturated heterocycles. The molecule has 1 saturated carbocycles. The highest BCUT2D eigenvalue weighted by atomic mass is 16.5. The molecule has 32 heavy (non-hydrogen) atoms. The van der Waals surface area contributed by atoms with Gasteiger partial charge in [-0.3, -0.25) is 14.6 Å². The molecule has 1 aliphatic heterocycles. The molecule has 6 heteroatoms. The fraction of sp³-hybridized carbons (Fsp3) is 0.269. The van der Waals surface area contributed by atoms with Crippen molar-refractivity contribution in [1.82, 2.24) is 15.2 Å². The number of hydrogen-bond donors (Lipinski definition) is 1. The third-order valence-electron chi connectivity index (χ3n) is 6.20. The van der Waals surface area contributed by atoms with Crippen LogP contribution in [-0.4, -0.2) is 34.8 Å². The third-order valence-corrected chi connectivity index (χ3v) is 6.20.